The number of rotatable bonds is 5. The molecule has 0 unspecified atom stereocenters. The number of phenolic OH excluding ortho intramolecular Hbond substituents is 1. The number of phenols is 1. The summed E-state index contributed by atoms with van der Waals surface area (Å²) in [4.78, 5) is 12.2. The summed E-state index contributed by atoms with van der Waals surface area (Å²) in [5, 5.41) is 12.8. The van der Waals surface area contributed by atoms with Gasteiger partial charge in [0.1, 0.15) is 10.1 Å². The summed E-state index contributed by atoms with van der Waals surface area (Å²) < 4.78 is 28.1. The number of sulfonamides is 1. The second kappa shape index (κ2) is 8.18. The van der Waals surface area contributed by atoms with Crippen LogP contribution in [0.15, 0.2) is 53.4 Å². The van der Waals surface area contributed by atoms with Crippen LogP contribution in [0.3, 0.4) is 0 Å². The zero-order valence-corrected chi connectivity index (χ0v) is 17.6. The third kappa shape index (κ3) is 4.71. The van der Waals surface area contributed by atoms with E-state index in [1.54, 1.807) is 12.1 Å². The zero-order valence-electron chi connectivity index (χ0n) is 13.7. The lowest BCUT2D eigenvalue weighted by Crippen LogP contribution is -2.15. The van der Waals surface area contributed by atoms with E-state index in [0.717, 1.165) is 23.5 Å². The highest BCUT2D eigenvalue weighted by Gasteiger charge is 2.19. The van der Waals surface area contributed by atoms with E-state index in [9.17, 15) is 18.3 Å². The maximum Gasteiger partial charge on any atom is 0.261 e. The summed E-state index contributed by atoms with van der Waals surface area (Å²) in [7, 11) is -3.99. The minimum absolute atomic E-state index is 0.0997. The summed E-state index contributed by atoms with van der Waals surface area (Å²) in [6, 6.07) is 11.0. The molecule has 3 aromatic rings. The van der Waals surface area contributed by atoms with Gasteiger partial charge in [-0.05, 0) is 42.5 Å². The molecule has 28 heavy (non-hydrogen) atoms. The molecule has 0 radical (unpaired) electrons. The van der Waals surface area contributed by atoms with E-state index in [4.69, 9.17) is 34.8 Å². The number of nitrogens with one attached hydrogen (secondary N) is 2. The second-order valence-electron chi connectivity index (χ2n) is 5.49. The molecule has 1 heterocycles. The maximum absolute atomic E-state index is 12.6. The van der Waals surface area contributed by atoms with Crippen molar-refractivity contribution in [3.05, 3.63) is 67.8 Å². The lowest BCUT2D eigenvalue weighted by molar-refractivity contribution is 0.102. The van der Waals surface area contributed by atoms with Gasteiger partial charge in [-0.1, -0.05) is 40.9 Å². The fourth-order valence-corrected chi connectivity index (χ4v) is 4.96. The van der Waals surface area contributed by atoms with Gasteiger partial charge in [0.25, 0.3) is 15.9 Å². The number of halogens is 3. The van der Waals surface area contributed by atoms with Crippen LogP contribution in [-0.4, -0.2) is 19.4 Å². The molecule has 2 aromatic carbocycles. The Morgan fingerprint density at radius 2 is 1.79 bits per heavy atom. The third-order valence-electron chi connectivity index (χ3n) is 3.50. The number of benzene rings is 2. The van der Waals surface area contributed by atoms with Gasteiger partial charge in [0.2, 0.25) is 0 Å². The highest BCUT2D eigenvalue weighted by molar-refractivity contribution is 7.92. The van der Waals surface area contributed by atoms with Crippen molar-refractivity contribution in [2.24, 2.45) is 0 Å². The van der Waals surface area contributed by atoms with E-state index in [1.807, 2.05) is 0 Å². The van der Waals surface area contributed by atoms with Crippen LogP contribution < -0.4 is 10.0 Å². The molecule has 0 saturated heterocycles. The molecule has 0 saturated carbocycles. The fourth-order valence-electron chi connectivity index (χ4n) is 2.23. The van der Waals surface area contributed by atoms with E-state index in [0.29, 0.717) is 9.36 Å². The molecule has 0 spiro atoms. The number of hydrogen-bond acceptors (Lipinski definition) is 5. The van der Waals surface area contributed by atoms with Crippen molar-refractivity contribution in [2.75, 3.05) is 10.0 Å². The third-order valence-corrected chi connectivity index (χ3v) is 6.61. The van der Waals surface area contributed by atoms with Crippen LogP contribution in [0.4, 0.5) is 11.4 Å². The van der Waals surface area contributed by atoms with Crippen LogP contribution in [-0.2, 0) is 10.0 Å². The first-order valence-corrected chi connectivity index (χ1v) is 11.0. The molecule has 11 heteroatoms. The Morgan fingerprint density at radius 1 is 1.04 bits per heavy atom. The topological polar surface area (TPSA) is 95.5 Å². The van der Waals surface area contributed by atoms with Crippen molar-refractivity contribution in [1.29, 1.82) is 0 Å². The van der Waals surface area contributed by atoms with E-state index in [1.165, 1.54) is 24.3 Å². The molecule has 1 amide bonds. The molecule has 0 bridgehead atoms. The molecule has 0 aliphatic heterocycles. The van der Waals surface area contributed by atoms with E-state index >= 15 is 0 Å². The van der Waals surface area contributed by atoms with Crippen LogP contribution in [0.1, 0.15) is 10.4 Å². The molecule has 0 atom stereocenters. The van der Waals surface area contributed by atoms with E-state index in [-0.39, 0.29) is 31.9 Å². The Kier molecular flexibility index (Phi) is 6.07. The molecule has 6 nitrogen and oxygen atoms in total. The number of hydrogen-bond donors (Lipinski definition) is 3. The average Bonchev–Trinajstić information content (AvgIpc) is 2.94. The smallest absolute Gasteiger partial charge is 0.261 e. The largest absolute Gasteiger partial charge is 0.506 e. The molecular weight excluding hydrogens is 467 g/mol. The summed E-state index contributed by atoms with van der Waals surface area (Å²) >= 11 is 18.6. The summed E-state index contributed by atoms with van der Waals surface area (Å²) in [6.45, 7) is 0. The highest BCUT2D eigenvalue weighted by Crippen LogP contribution is 2.33. The van der Waals surface area contributed by atoms with Crippen molar-refractivity contribution in [1.82, 2.24) is 0 Å². The molecule has 146 valence electrons. The summed E-state index contributed by atoms with van der Waals surface area (Å²) in [5.41, 5.74) is 0.282. The number of anilines is 2. The molecular formula is C17H11Cl3N2O4S2. The summed E-state index contributed by atoms with van der Waals surface area (Å²) in [5.74, 6) is -0.951. The maximum atomic E-state index is 12.6. The Hall–Kier alpha value is -1.97. The SMILES string of the molecule is O=C(Nc1cc(S(=O)(=O)Nc2cccc(Cl)c2)ccc1O)c1cc(Cl)sc1Cl. The quantitative estimate of drug-likeness (QED) is 0.425. The van der Waals surface area contributed by atoms with Crippen molar-refractivity contribution >= 4 is 73.4 Å². The lowest BCUT2D eigenvalue weighted by Gasteiger charge is -2.12. The second-order valence-corrected chi connectivity index (χ2v) is 9.89. The lowest BCUT2D eigenvalue weighted by atomic mass is 10.2. The number of carbonyl (C=O) groups is 1. The van der Waals surface area contributed by atoms with Gasteiger partial charge < -0.3 is 10.4 Å². The first-order valence-electron chi connectivity index (χ1n) is 7.53. The number of aromatic hydroxyl groups is 1. The molecule has 1 aromatic heterocycles. The van der Waals surface area contributed by atoms with Crippen LogP contribution in [0.25, 0.3) is 0 Å². The summed E-state index contributed by atoms with van der Waals surface area (Å²) in [6.07, 6.45) is 0. The van der Waals surface area contributed by atoms with Crippen LogP contribution in [0.5, 0.6) is 5.75 Å². The van der Waals surface area contributed by atoms with E-state index < -0.39 is 15.9 Å². The van der Waals surface area contributed by atoms with Gasteiger partial charge in [-0.15, -0.1) is 11.3 Å². The van der Waals surface area contributed by atoms with Gasteiger partial charge in [0.05, 0.1) is 26.2 Å². The predicted octanol–water partition coefficient (Wildman–Crippen LogP) is 5.47. The van der Waals surface area contributed by atoms with Crippen molar-refractivity contribution in [3.8, 4) is 5.75 Å². The van der Waals surface area contributed by atoms with Crippen molar-refractivity contribution in [2.45, 2.75) is 4.90 Å². The fraction of sp³-hybridized carbons (Fsp3) is 0. The Bertz CT molecular complexity index is 1160. The predicted molar refractivity (Wildman–Crippen MR) is 113 cm³/mol. The van der Waals surface area contributed by atoms with Crippen LogP contribution in [0.2, 0.25) is 13.7 Å². The van der Waals surface area contributed by atoms with Gasteiger partial charge in [-0.25, -0.2) is 8.42 Å². The number of thiophene rings is 1. The molecule has 0 fully saturated rings. The van der Waals surface area contributed by atoms with Gasteiger partial charge in [-0.3, -0.25) is 9.52 Å². The van der Waals surface area contributed by atoms with Gasteiger partial charge >= 0.3 is 0 Å². The molecule has 3 N–H and O–H groups in total. The standard InChI is InChI=1S/C17H11Cl3N2O4S2/c18-9-2-1-3-10(6-9)22-28(25,26)11-4-5-14(23)13(7-11)21-17(24)12-8-15(19)27-16(12)20/h1-8,22-23H,(H,21,24). The van der Waals surface area contributed by atoms with Gasteiger partial charge in [-0.2, -0.15) is 0 Å². The van der Waals surface area contributed by atoms with E-state index in [2.05, 4.69) is 10.0 Å². The van der Waals surface area contributed by atoms with Crippen LogP contribution in [0, 0.1) is 0 Å². The van der Waals surface area contributed by atoms with Gasteiger partial charge in [0.15, 0.2) is 0 Å². The monoisotopic (exact) mass is 476 g/mol. The average molecular weight is 478 g/mol. The Morgan fingerprint density at radius 3 is 2.43 bits per heavy atom. The van der Waals surface area contributed by atoms with Crippen molar-refractivity contribution in [3.63, 3.8) is 0 Å². The number of carbonyl (C=O) groups excluding carboxylic acids is 1. The van der Waals surface area contributed by atoms with Crippen LogP contribution >= 0.6 is 46.1 Å². The number of amides is 1. The first kappa shape index (κ1) is 20.8. The van der Waals surface area contributed by atoms with Crippen molar-refractivity contribution < 1.29 is 18.3 Å². The molecule has 0 aliphatic rings. The Labute approximate surface area is 179 Å². The highest BCUT2D eigenvalue weighted by atomic mass is 35.5. The molecule has 0 aliphatic carbocycles. The van der Waals surface area contributed by atoms with Gasteiger partial charge in [0, 0.05) is 5.02 Å². The minimum atomic E-state index is -3.99. The minimum Gasteiger partial charge on any atom is -0.506 e. The Balaban J connectivity index is 1.88. The normalized spacial score (nSPS) is 11.2. The first-order chi connectivity index (χ1) is 13.2. The zero-order chi connectivity index (χ0) is 20.5. The molecule has 3 rings (SSSR count).